The third-order valence-corrected chi connectivity index (χ3v) is 4.88. The van der Waals surface area contributed by atoms with Gasteiger partial charge < -0.3 is 10.1 Å². The molecule has 1 saturated heterocycles. The van der Waals surface area contributed by atoms with Crippen molar-refractivity contribution in [1.29, 1.82) is 0 Å². The van der Waals surface area contributed by atoms with Gasteiger partial charge in [0, 0.05) is 32.1 Å². The van der Waals surface area contributed by atoms with Crippen molar-refractivity contribution in [2.75, 3.05) is 11.9 Å². The number of aromatic nitrogens is 3. The summed E-state index contributed by atoms with van der Waals surface area (Å²) in [5, 5.41) is 10.1. The summed E-state index contributed by atoms with van der Waals surface area (Å²) in [6.45, 7) is 0.621. The average Bonchev–Trinajstić information content (AvgIpc) is 3.37. The van der Waals surface area contributed by atoms with E-state index in [0.29, 0.717) is 18.3 Å². The van der Waals surface area contributed by atoms with Gasteiger partial charge in [0.25, 0.3) is 0 Å². The van der Waals surface area contributed by atoms with Crippen molar-refractivity contribution in [3.05, 3.63) is 41.9 Å². The number of hydrogen-bond acceptors (Lipinski definition) is 4. The van der Waals surface area contributed by atoms with E-state index in [1.54, 1.807) is 12.4 Å². The minimum atomic E-state index is -0.212. The maximum absolute atomic E-state index is 12.3. The highest BCUT2D eigenvalue weighted by Crippen LogP contribution is 2.40. The lowest BCUT2D eigenvalue weighted by Gasteiger charge is -2.30. The van der Waals surface area contributed by atoms with Crippen LogP contribution in [0.5, 0.6) is 0 Å². The van der Waals surface area contributed by atoms with E-state index in [9.17, 15) is 4.79 Å². The monoisotopic (exact) mass is 341 g/mol. The molecular formula is C18H23N5O2. The van der Waals surface area contributed by atoms with E-state index in [-0.39, 0.29) is 18.2 Å². The van der Waals surface area contributed by atoms with Crippen molar-refractivity contribution < 1.29 is 9.53 Å². The van der Waals surface area contributed by atoms with Gasteiger partial charge >= 0.3 is 6.03 Å². The number of anilines is 1. The number of rotatable bonds is 4. The van der Waals surface area contributed by atoms with Gasteiger partial charge in [0.1, 0.15) is 11.9 Å². The summed E-state index contributed by atoms with van der Waals surface area (Å²) in [5.41, 5.74) is 2.29. The molecule has 2 aromatic heterocycles. The molecule has 7 nitrogen and oxygen atoms in total. The van der Waals surface area contributed by atoms with Crippen LogP contribution in [-0.4, -0.2) is 33.4 Å². The van der Waals surface area contributed by atoms with Crippen LogP contribution in [0, 0.1) is 0 Å². The highest BCUT2D eigenvalue weighted by Gasteiger charge is 2.27. The van der Waals surface area contributed by atoms with Crippen LogP contribution in [0.2, 0.25) is 0 Å². The molecule has 1 aliphatic heterocycles. The SMILES string of the molecule is Cn1nccc1C1CC(NC(=O)Nc2cc(C3CC3)ccn2)CCO1. The second-order valence-electron chi connectivity index (χ2n) is 6.81. The van der Waals surface area contributed by atoms with Crippen LogP contribution in [0.3, 0.4) is 0 Å². The number of carbonyl (C=O) groups excluding carboxylic acids is 1. The van der Waals surface area contributed by atoms with E-state index in [4.69, 9.17) is 4.74 Å². The van der Waals surface area contributed by atoms with Gasteiger partial charge in [-0.3, -0.25) is 10.00 Å². The minimum absolute atomic E-state index is 0.0390. The van der Waals surface area contributed by atoms with Gasteiger partial charge in [0.05, 0.1) is 5.69 Å². The molecule has 2 unspecified atom stereocenters. The van der Waals surface area contributed by atoms with Crippen molar-refractivity contribution in [3.63, 3.8) is 0 Å². The molecule has 0 radical (unpaired) electrons. The van der Waals surface area contributed by atoms with Crippen molar-refractivity contribution in [2.24, 2.45) is 7.05 Å². The summed E-state index contributed by atoms with van der Waals surface area (Å²) in [4.78, 5) is 16.6. The third-order valence-electron chi connectivity index (χ3n) is 4.88. The molecule has 3 heterocycles. The highest BCUT2D eigenvalue weighted by molar-refractivity contribution is 5.88. The van der Waals surface area contributed by atoms with E-state index in [2.05, 4.69) is 20.7 Å². The second-order valence-corrected chi connectivity index (χ2v) is 6.81. The topological polar surface area (TPSA) is 81.1 Å². The molecule has 0 spiro atoms. The zero-order chi connectivity index (χ0) is 17.2. The number of aryl methyl sites for hydroxylation is 1. The van der Waals surface area contributed by atoms with Gasteiger partial charge in [-0.05, 0) is 55.4 Å². The molecule has 2 fully saturated rings. The summed E-state index contributed by atoms with van der Waals surface area (Å²) in [6, 6.07) is 5.81. The van der Waals surface area contributed by atoms with Crippen LogP contribution in [0.25, 0.3) is 0 Å². The smallest absolute Gasteiger partial charge is 0.320 e. The number of nitrogens with one attached hydrogen (secondary N) is 2. The van der Waals surface area contributed by atoms with Crippen molar-refractivity contribution in [3.8, 4) is 0 Å². The van der Waals surface area contributed by atoms with Crippen LogP contribution >= 0.6 is 0 Å². The van der Waals surface area contributed by atoms with E-state index >= 15 is 0 Å². The molecule has 2 aromatic rings. The van der Waals surface area contributed by atoms with Gasteiger partial charge in [0.2, 0.25) is 0 Å². The first-order valence-corrected chi connectivity index (χ1v) is 8.82. The van der Waals surface area contributed by atoms with Crippen LogP contribution in [0.1, 0.15) is 49.0 Å². The van der Waals surface area contributed by atoms with Gasteiger partial charge in [0.15, 0.2) is 0 Å². The first kappa shape index (κ1) is 16.1. The molecule has 2 amide bonds. The van der Waals surface area contributed by atoms with E-state index < -0.39 is 0 Å². The van der Waals surface area contributed by atoms with E-state index in [1.807, 2.05) is 29.9 Å². The van der Waals surface area contributed by atoms with Crippen LogP contribution < -0.4 is 10.6 Å². The van der Waals surface area contributed by atoms with Gasteiger partial charge in [-0.2, -0.15) is 5.10 Å². The zero-order valence-electron chi connectivity index (χ0n) is 14.3. The van der Waals surface area contributed by atoms with Gasteiger partial charge in [-0.1, -0.05) is 0 Å². The average molecular weight is 341 g/mol. The number of amides is 2. The van der Waals surface area contributed by atoms with Crippen molar-refractivity contribution in [2.45, 2.75) is 43.7 Å². The molecule has 0 aromatic carbocycles. The first-order chi connectivity index (χ1) is 12.2. The Labute approximate surface area is 146 Å². The lowest BCUT2D eigenvalue weighted by Crippen LogP contribution is -2.42. The summed E-state index contributed by atoms with van der Waals surface area (Å²) in [6.07, 6.45) is 7.49. The molecule has 2 N–H and O–H groups in total. The van der Waals surface area contributed by atoms with Crippen LogP contribution in [0.4, 0.5) is 10.6 Å². The number of ether oxygens (including phenoxy) is 1. The van der Waals surface area contributed by atoms with Crippen LogP contribution in [0.15, 0.2) is 30.6 Å². The molecule has 1 saturated carbocycles. The van der Waals surface area contributed by atoms with E-state index in [1.165, 1.54) is 18.4 Å². The Kier molecular flexibility index (Phi) is 4.40. The number of nitrogens with zero attached hydrogens (tertiary/aromatic N) is 3. The number of hydrogen-bond donors (Lipinski definition) is 2. The lowest BCUT2D eigenvalue weighted by atomic mass is 10.0. The fourth-order valence-corrected chi connectivity index (χ4v) is 3.36. The molecule has 7 heteroatoms. The van der Waals surface area contributed by atoms with Crippen LogP contribution in [-0.2, 0) is 11.8 Å². The lowest BCUT2D eigenvalue weighted by molar-refractivity contribution is -0.00204. The normalized spacial score (nSPS) is 23.2. The standard InChI is InChI=1S/C18H23N5O2/c1-23-15(5-8-20-23)16-11-14(6-9-25-16)21-18(24)22-17-10-13(4-7-19-17)12-2-3-12/h4-5,7-8,10,12,14,16H,2-3,6,9,11H2,1H3,(H2,19,21,22,24). The summed E-state index contributed by atoms with van der Waals surface area (Å²) < 4.78 is 7.66. The predicted molar refractivity (Wildman–Crippen MR) is 93.3 cm³/mol. The van der Waals surface area contributed by atoms with Crippen molar-refractivity contribution in [1.82, 2.24) is 20.1 Å². The summed E-state index contributed by atoms with van der Waals surface area (Å²) >= 11 is 0. The molecule has 1 aliphatic carbocycles. The fourth-order valence-electron chi connectivity index (χ4n) is 3.36. The molecule has 25 heavy (non-hydrogen) atoms. The number of pyridine rings is 1. The third kappa shape index (κ3) is 3.82. The molecule has 0 bridgehead atoms. The Hall–Kier alpha value is -2.41. The Morgan fingerprint density at radius 3 is 2.92 bits per heavy atom. The largest absolute Gasteiger partial charge is 0.372 e. The maximum atomic E-state index is 12.3. The molecular weight excluding hydrogens is 318 g/mol. The molecule has 2 aliphatic rings. The Morgan fingerprint density at radius 2 is 2.16 bits per heavy atom. The molecule has 2 atom stereocenters. The molecule has 4 rings (SSSR count). The number of urea groups is 1. The second kappa shape index (κ2) is 6.84. The Bertz CT molecular complexity index is 755. The maximum Gasteiger partial charge on any atom is 0.320 e. The van der Waals surface area contributed by atoms with Gasteiger partial charge in [-0.25, -0.2) is 9.78 Å². The molecule has 132 valence electrons. The van der Waals surface area contributed by atoms with Crippen molar-refractivity contribution >= 4 is 11.8 Å². The van der Waals surface area contributed by atoms with Gasteiger partial charge in [-0.15, -0.1) is 0 Å². The summed E-state index contributed by atoms with van der Waals surface area (Å²) in [5.74, 6) is 1.25. The number of carbonyl (C=O) groups is 1. The van der Waals surface area contributed by atoms with E-state index in [0.717, 1.165) is 18.5 Å². The quantitative estimate of drug-likeness (QED) is 0.896. The first-order valence-electron chi connectivity index (χ1n) is 8.82. The fraction of sp³-hybridized carbons (Fsp3) is 0.500. The summed E-state index contributed by atoms with van der Waals surface area (Å²) in [7, 11) is 1.90. The Morgan fingerprint density at radius 1 is 1.28 bits per heavy atom. The zero-order valence-corrected chi connectivity index (χ0v) is 14.3. The Balaban J connectivity index is 1.34. The predicted octanol–water partition coefficient (Wildman–Crippen LogP) is 2.73. The highest BCUT2D eigenvalue weighted by atomic mass is 16.5. The minimum Gasteiger partial charge on any atom is -0.372 e.